The van der Waals surface area contributed by atoms with Crippen LogP contribution in [0.25, 0.3) is 11.0 Å². The molecule has 156 valence electrons. The Hall–Kier alpha value is -3.99. The van der Waals surface area contributed by atoms with E-state index in [9.17, 15) is 4.79 Å². The number of rotatable bonds is 3. The summed E-state index contributed by atoms with van der Waals surface area (Å²) in [5, 5.41) is 4.34. The largest absolute Gasteiger partial charge is 0.454 e. The number of nitrogens with zero attached hydrogens (tertiary/aromatic N) is 3. The molecule has 1 aromatic carbocycles. The SMILES string of the molecule is C=CC(=O)N1CCC[C@@H](Nc2ncnc3[nH]c(C#Cc4ccc5c(c4)OCO5)cc23)C1. The monoisotopic (exact) mass is 415 g/mol. The van der Waals surface area contributed by atoms with Gasteiger partial charge in [0.05, 0.1) is 11.1 Å². The number of fused-ring (bicyclic) bond motifs is 2. The van der Waals surface area contributed by atoms with E-state index in [1.807, 2.05) is 29.2 Å². The Morgan fingerprint density at radius 1 is 1.26 bits per heavy atom. The zero-order chi connectivity index (χ0) is 21.2. The standard InChI is InChI=1S/C23H21N5O3/c1-2-21(29)28-9-3-4-17(12-28)27-23-18-11-16(26-22(18)24-13-25-23)7-5-15-6-8-19-20(10-15)31-14-30-19/h2,6,8,10-11,13,17H,1,3-4,9,12,14H2,(H2,24,25,26,27)/t17-/m1/s1. The highest BCUT2D eigenvalue weighted by atomic mass is 16.7. The van der Waals surface area contributed by atoms with Crippen molar-refractivity contribution in [3.8, 4) is 23.3 Å². The molecule has 4 heterocycles. The van der Waals surface area contributed by atoms with Crippen molar-refractivity contribution < 1.29 is 14.3 Å². The van der Waals surface area contributed by atoms with Crippen LogP contribution in [-0.4, -0.2) is 51.7 Å². The number of hydrogen-bond donors (Lipinski definition) is 2. The summed E-state index contributed by atoms with van der Waals surface area (Å²) in [7, 11) is 0. The van der Waals surface area contributed by atoms with Gasteiger partial charge in [-0.3, -0.25) is 4.79 Å². The number of nitrogens with one attached hydrogen (secondary N) is 2. The second kappa shape index (κ2) is 8.03. The van der Waals surface area contributed by atoms with Gasteiger partial charge in [-0.15, -0.1) is 0 Å². The predicted molar refractivity (Wildman–Crippen MR) is 116 cm³/mol. The fourth-order valence-corrected chi connectivity index (χ4v) is 3.85. The zero-order valence-corrected chi connectivity index (χ0v) is 16.9. The molecule has 0 spiro atoms. The molecule has 1 fully saturated rings. The van der Waals surface area contributed by atoms with Crippen molar-refractivity contribution in [3.05, 3.63) is 54.5 Å². The number of likely N-dealkylation sites (tertiary alicyclic amines) is 1. The lowest BCUT2D eigenvalue weighted by molar-refractivity contribution is -0.127. The highest BCUT2D eigenvalue weighted by Crippen LogP contribution is 2.32. The molecule has 2 aliphatic heterocycles. The molecule has 0 saturated carbocycles. The van der Waals surface area contributed by atoms with Crippen molar-refractivity contribution in [2.45, 2.75) is 18.9 Å². The van der Waals surface area contributed by atoms with Gasteiger partial charge in [-0.25, -0.2) is 9.97 Å². The summed E-state index contributed by atoms with van der Waals surface area (Å²) < 4.78 is 10.7. The van der Waals surface area contributed by atoms with Crippen LogP contribution in [0.1, 0.15) is 24.1 Å². The van der Waals surface area contributed by atoms with Gasteiger partial charge in [0, 0.05) is 24.7 Å². The number of ether oxygens (including phenoxy) is 2. The van der Waals surface area contributed by atoms with Gasteiger partial charge in [0.15, 0.2) is 11.5 Å². The first-order valence-corrected chi connectivity index (χ1v) is 10.1. The van der Waals surface area contributed by atoms with Gasteiger partial charge >= 0.3 is 0 Å². The number of carbonyl (C=O) groups excluding carboxylic acids is 1. The van der Waals surface area contributed by atoms with Gasteiger partial charge < -0.3 is 24.7 Å². The third-order valence-corrected chi connectivity index (χ3v) is 5.39. The van der Waals surface area contributed by atoms with E-state index < -0.39 is 0 Å². The summed E-state index contributed by atoms with van der Waals surface area (Å²) >= 11 is 0. The number of carbonyl (C=O) groups is 1. The molecule has 2 N–H and O–H groups in total. The van der Waals surface area contributed by atoms with E-state index in [0.717, 1.165) is 47.6 Å². The summed E-state index contributed by atoms with van der Waals surface area (Å²) in [6.45, 7) is 5.20. The van der Waals surface area contributed by atoms with E-state index in [2.05, 4.69) is 38.7 Å². The molecule has 0 bridgehead atoms. The molecule has 8 nitrogen and oxygen atoms in total. The Labute approximate surface area is 179 Å². The summed E-state index contributed by atoms with van der Waals surface area (Å²) in [6.07, 6.45) is 4.78. The number of piperidine rings is 1. The average Bonchev–Trinajstić information content (AvgIpc) is 3.44. The second-order valence-electron chi connectivity index (χ2n) is 7.46. The lowest BCUT2D eigenvalue weighted by Gasteiger charge is -2.32. The van der Waals surface area contributed by atoms with Crippen molar-refractivity contribution in [1.82, 2.24) is 19.9 Å². The van der Waals surface area contributed by atoms with Crippen LogP contribution >= 0.6 is 0 Å². The van der Waals surface area contributed by atoms with E-state index in [4.69, 9.17) is 9.47 Å². The number of aromatic amines is 1. The number of anilines is 1. The number of H-pyrrole nitrogens is 1. The van der Waals surface area contributed by atoms with Crippen molar-refractivity contribution in [2.24, 2.45) is 0 Å². The fraction of sp³-hybridized carbons (Fsp3) is 0.261. The Morgan fingerprint density at radius 2 is 2.16 bits per heavy atom. The van der Waals surface area contributed by atoms with Crippen molar-refractivity contribution in [3.63, 3.8) is 0 Å². The van der Waals surface area contributed by atoms with E-state index in [-0.39, 0.29) is 18.7 Å². The maximum absolute atomic E-state index is 12.0. The molecular formula is C23H21N5O3. The molecule has 0 aliphatic carbocycles. The number of aromatic nitrogens is 3. The van der Waals surface area contributed by atoms with Gasteiger partial charge in [-0.2, -0.15) is 0 Å². The first kappa shape index (κ1) is 19.0. The molecule has 1 atom stereocenters. The maximum atomic E-state index is 12.0. The predicted octanol–water partition coefficient (Wildman–Crippen LogP) is 2.68. The highest BCUT2D eigenvalue weighted by molar-refractivity contribution is 5.89. The van der Waals surface area contributed by atoms with Crippen LogP contribution < -0.4 is 14.8 Å². The molecule has 8 heteroatoms. The van der Waals surface area contributed by atoms with Crippen LogP contribution in [0.5, 0.6) is 11.5 Å². The number of hydrogen-bond acceptors (Lipinski definition) is 6. The second-order valence-corrected chi connectivity index (χ2v) is 7.46. The first-order chi connectivity index (χ1) is 15.2. The third-order valence-electron chi connectivity index (χ3n) is 5.39. The minimum atomic E-state index is -0.0398. The molecule has 31 heavy (non-hydrogen) atoms. The minimum Gasteiger partial charge on any atom is -0.454 e. The molecular weight excluding hydrogens is 394 g/mol. The van der Waals surface area contributed by atoms with Crippen LogP contribution in [0.2, 0.25) is 0 Å². The number of amides is 1. The summed E-state index contributed by atoms with van der Waals surface area (Å²) in [4.78, 5) is 25.7. The first-order valence-electron chi connectivity index (χ1n) is 10.1. The van der Waals surface area contributed by atoms with Crippen molar-refractivity contribution >= 4 is 22.8 Å². The molecule has 2 aromatic heterocycles. The van der Waals surface area contributed by atoms with Crippen LogP contribution in [0.4, 0.5) is 5.82 Å². The minimum absolute atomic E-state index is 0.0398. The number of benzene rings is 1. The van der Waals surface area contributed by atoms with Crippen molar-refractivity contribution in [2.75, 3.05) is 25.2 Å². The molecule has 5 rings (SSSR count). The molecule has 0 unspecified atom stereocenters. The van der Waals surface area contributed by atoms with Gasteiger partial charge in [-0.1, -0.05) is 12.5 Å². The molecule has 0 radical (unpaired) electrons. The van der Waals surface area contributed by atoms with Crippen LogP contribution in [0, 0.1) is 11.8 Å². The summed E-state index contributed by atoms with van der Waals surface area (Å²) in [5.74, 6) is 8.41. The van der Waals surface area contributed by atoms with E-state index in [0.29, 0.717) is 17.9 Å². The van der Waals surface area contributed by atoms with Gasteiger partial charge in [0.1, 0.15) is 17.8 Å². The summed E-state index contributed by atoms with van der Waals surface area (Å²) in [6, 6.07) is 7.68. The topological polar surface area (TPSA) is 92.4 Å². The quantitative estimate of drug-likeness (QED) is 0.505. The van der Waals surface area contributed by atoms with Crippen LogP contribution in [0.3, 0.4) is 0 Å². The Kier molecular flexibility index (Phi) is 4.92. The Balaban J connectivity index is 1.36. The molecule has 1 amide bonds. The smallest absolute Gasteiger partial charge is 0.246 e. The van der Waals surface area contributed by atoms with Gasteiger partial charge in [0.2, 0.25) is 12.7 Å². The summed E-state index contributed by atoms with van der Waals surface area (Å²) in [5.41, 5.74) is 2.28. The molecule has 1 saturated heterocycles. The van der Waals surface area contributed by atoms with E-state index >= 15 is 0 Å². The molecule has 2 aliphatic rings. The lowest BCUT2D eigenvalue weighted by Crippen LogP contribution is -2.44. The maximum Gasteiger partial charge on any atom is 0.246 e. The molecule has 3 aromatic rings. The Morgan fingerprint density at radius 3 is 3.06 bits per heavy atom. The normalized spacial score (nSPS) is 17.2. The van der Waals surface area contributed by atoms with Crippen LogP contribution in [-0.2, 0) is 4.79 Å². The Bertz CT molecular complexity index is 1220. The van der Waals surface area contributed by atoms with Crippen LogP contribution in [0.15, 0.2) is 43.2 Å². The van der Waals surface area contributed by atoms with E-state index in [1.165, 1.54) is 12.4 Å². The van der Waals surface area contributed by atoms with Gasteiger partial charge in [0.25, 0.3) is 0 Å². The highest BCUT2D eigenvalue weighted by Gasteiger charge is 2.23. The third kappa shape index (κ3) is 3.90. The fourth-order valence-electron chi connectivity index (χ4n) is 3.85. The zero-order valence-electron chi connectivity index (χ0n) is 16.9. The van der Waals surface area contributed by atoms with E-state index in [1.54, 1.807) is 0 Å². The lowest BCUT2D eigenvalue weighted by atomic mass is 10.1. The van der Waals surface area contributed by atoms with Crippen molar-refractivity contribution in [1.29, 1.82) is 0 Å². The van der Waals surface area contributed by atoms with Gasteiger partial charge in [-0.05, 0) is 49.1 Å². The average molecular weight is 415 g/mol.